The Morgan fingerprint density at radius 3 is 2.27 bits per heavy atom. The minimum Gasteiger partial charge on any atom is -0.494 e. The van der Waals surface area contributed by atoms with Crippen LogP contribution in [0.15, 0.2) is 38.9 Å². The molecule has 3 rings (SSSR count). The van der Waals surface area contributed by atoms with Crippen molar-refractivity contribution in [2.24, 2.45) is 14.1 Å². The van der Waals surface area contributed by atoms with Gasteiger partial charge in [-0.15, -0.1) is 0 Å². The fourth-order valence-corrected chi connectivity index (χ4v) is 4.30. The SMILES string of the molecule is CCOc1ccc(-c2nc(SC(C(C)=O)C(=O)N(C)C)c3c(=O)n(C)c(=O)n(C)c3n2)cc1. The molecule has 1 aromatic carbocycles. The number of ether oxygens (including phenoxy) is 1. The highest BCUT2D eigenvalue weighted by molar-refractivity contribution is 8.01. The van der Waals surface area contributed by atoms with Crippen molar-refractivity contribution in [2.75, 3.05) is 20.7 Å². The minimum atomic E-state index is -1.10. The van der Waals surface area contributed by atoms with E-state index in [-0.39, 0.29) is 27.7 Å². The predicted molar refractivity (Wildman–Crippen MR) is 126 cm³/mol. The van der Waals surface area contributed by atoms with Crippen LogP contribution in [0.25, 0.3) is 22.4 Å². The van der Waals surface area contributed by atoms with Crippen molar-refractivity contribution < 1.29 is 14.3 Å². The summed E-state index contributed by atoms with van der Waals surface area (Å²) in [5.74, 6) is 0.111. The first kappa shape index (κ1) is 24.2. The molecule has 33 heavy (non-hydrogen) atoms. The maximum atomic E-state index is 13.0. The molecule has 11 heteroatoms. The lowest BCUT2D eigenvalue weighted by Gasteiger charge is -2.19. The average Bonchev–Trinajstić information content (AvgIpc) is 2.79. The highest BCUT2D eigenvalue weighted by Gasteiger charge is 2.29. The van der Waals surface area contributed by atoms with Crippen LogP contribution in [0.1, 0.15) is 13.8 Å². The number of carbonyl (C=O) groups excluding carboxylic acids is 2. The molecule has 0 bridgehead atoms. The zero-order valence-corrected chi connectivity index (χ0v) is 20.1. The number of nitrogens with zero attached hydrogens (tertiary/aromatic N) is 5. The van der Waals surface area contributed by atoms with Crippen LogP contribution in [0.2, 0.25) is 0 Å². The normalized spacial score (nSPS) is 11.9. The van der Waals surface area contributed by atoms with Crippen molar-refractivity contribution in [1.29, 1.82) is 0 Å². The Hall–Kier alpha value is -3.47. The van der Waals surface area contributed by atoms with E-state index < -0.39 is 22.4 Å². The highest BCUT2D eigenvalue weighted by Crippen LogP contribution is 2.30. The molecule has 0 saturated carbocycles. The second kappa shape index (κ2) is 9.57. The summed E-state index contributed by atoms with van der Waals surface area (Å²) in [7, 11) is 5.95. The highest BCUT2D eigenvalue weighted by atomic mass is 32.2. The van der Waals surface area contributed by atoms with Crippen LogP contribution in [0.5, 0.6) is 5.75 Å². The van der Waals surface area contributed by atoms with Crippen molar-refractivity contribution in [1.82, 2.24) is 24.0 Å². The smallest absolute Gasteiger partial charge is 0.332 e. The van der Waals surface area contributed by atoms with Crippen LogP contribution in [0.4, 0.5) is 0 Å². The Balaban J connectivity index is 2.29. The van der Waals surface area contributed by atoms with Gasteiger partial charge in [-0.1, -0.05) is 11.8 Å². The summed E-state index contributed by atoms with van der Waals surface area (Å²) < 4.78 is 7.66. The topological polar surface area (TPSA) is 116 Å². The van der Waals surface area contributed by atoms with Gasteiger partial charge in [-0.05, 0) is 38.1 Å². The van der Waals surface area contributed by atoms with Crippen molar-refractivity contribution in [3.05, 3.63) is 45.1 Å². The summed E-state index contributed by atoms with van der Waals surface area (Å²) in [5.41, 5.74) is -0.418. The van der Waals surface area contributed by atoms with Gasteiger partial charge in [0.25, 0.3) is 5.56 Å². The van der Waals surface area contributed by atoms with Gasteiger partial charge in [-0.3, -0.25) is 23.5 Å². The fraction of sp³-hybridized carbons (Fsp3) is 0.364. The van der Waals surface area contributed by atoms with Crippen molar-refractivity contribution >= 4 is 34.5 Å². The quantitative estimate of drug-likeness (QED) is 0.287. The number of Topliss-reactive ketones (excluding diaryl/α,β-unsaturated/α-hetero) is 1. The number of amides is 1. The lowest BCUT2D eigenvalue weighted by molar-refractivity contribution is -0.132. The van der Waals surface area contributed by atoms with E-state index in [2.05, 4.69) is 9.97 Å². The molecule has 0 spiro atoms. The van der Waals surface area contributed by atoms with Crippen LogP contribution in [-0.4, -0.2) is 61.6 Å². The van der Waals surface area contributed by atoms with E-state index in [1.807, 2.05) is 6.92 Å². The fourth-order valence-electron chi connectivity index (χ4n) is 3.16. The Kier molecular flexibility index (Phi) is 7.01. The molecule has 0 aliphatic heterocycles. The molecule has 0 fully saturated rings. The molecular formula is C22H25N5O5S. The number of rotatable bonds is 7. The van der Waals surface area contributed by atoms with Gasteiger partial charge in [0, 0.05) is 33.8 Å². The van der Waals surface area contributed by atoms with Crippen LogP contribution in [0.3, 0.4) is 0 Å². The predicted octanol–water partition coefficient (Wildman–Crippen LogP) is 1.23. The maximum Gasteiger partial charge on any atom is 0.332 e. The van der Waals surface area contributed by atoms with E-state index in [1.165, 1.54) is 30.5 Å². The van der Waals surface area contributed by atoms with E-state index >= 15 is 0 Å². The Morgan fingerprint density at radius 2 is 1.73 bits per heavy atom. The van der Waals surface area contributed by atoms with E-state index in [4.69, 9.17) is 4.74 Å². The molecule has 174 valence electrons. The Bertz CT molecular complexity index is 1340. The maximum absolute atomic E-state index is 13.0. The van der Waals surface area contributed by atoms with Crippen LogP contribution in [0, 0.1) is 0 Å². The molecule has 3 aromatic rings. The molecule has 0 saturated heterocycles. The summed E-state index contributed by atoms with van der Waals surface area (Å²) in [4.78, 5) is 60.8. The summed E-state index contributed by atoms with van der Waals surface area (Å²) in [6.45, 7) is 3.71. The van der Waals surface area contributed by atoms with E-state index in [1.54, 1.807) is 38.4 Å². The van der Waals surface area contributed by atoms with Crippen LogP contribution in [-0.2, 0) is 23.7 Å². The number of hydrogen-bond donors (Lipinski definition) is 0. The summed E-state index contributed by atoms with van der Waals surface area (Å²) in [5, 5.41) is -0.888. The van der Waals surface area contributed by atoms with Crippen LogP contribution < -0.4 is 16.0 Å². The molecule has 10 nitrogen and oxygen atoms in total. The number of aromatic nitrogens is 4. The first-order chi connectivity index (χ1) is 15.6. The van der Waals surface area contributed by atoms with Gasteiger partial charge >= 0.3 is 5.69 Å². The number of carbonyl (C=O) groups is 2. The molecule has 2 aromatic heterocycles. The number of aryl methyl sites for hydroxylation is 1. The van der Waals surface area contributed by atoms with Gasteiger partial charge in [0.1, 0.15) is 21.4 Å². The summed E-state index contributed by atoms with van der Waals surface area (Å²) >= 11 is 0.875. The van der Waals surface area contributed by atoms with E-state index in [0.29, 0.717) is 17.9 Å². The molecule has 1 atom stereocenters. The number of benzene rings is 1. The first-order valence-electron chi connectivity index (χ1n) is 10.2. The molecule has 0 aliphatic rings. The molecule has 1 amide bonds. The third-order valence-corrected chi connectivity index (χ3v) is 6.24. The zero-order chi connectivity index (χ0) is 24.4. The van der Waals surface area contributed by atoms with Gasteiger partial charge in [0.15, 0.2) is 17.3 Å². The molecule has 0 N–H and O–H groups in total. The van der Waals surface area contributed by atoms with E-state index in [9.17, 15) is 19.2 Å². The second-order valence-electron chi connectivity index (χ2n) is 7.56. The largest absolute Gasteiger partial charge is 0.494 e. The van der Waals surface area contributed by atoms with Crippen LogP contribution >= 0.6 is 11.8 Å². The second-order valence-corrected chi connectivity index (χ2v) is 8.65. The van der Waals surface area contributed by atoms with Gasteiger partial charge in [-0.2, -0.15) is 0 Å². The Morgan fingerprint density at radius 1 is 1.09 bits per heavy atom. The summed E-state index contributed by atoms with van der Waals surface area (Å²) in [6.07, 6.45) is 0. The standard InChI is InChI=1S/C22H25N5O5S/c1-7-32-14-10-8-13(9-11-14)17-23-18-15(20(29)27(6)22(31)26(18)5)19(24-17)33-16(12(2)28)21(30)25(3)4/h8-11,16H,7H2,1-6H3. The minimum absolute atomic E-state index is 0.0668. The first-order valence-corrected chi connectivity index (χ1v) is 11.0. The molecule has 2 heterocycles. The number of hydrogen-bond acceptors (Lipinski definition) is 8. The lowest BCUT2D eigenvalue weighted by atomic mass is 10.2. The molecule has 0 aliphatic carbocycles. The zero-order valence-electron chi connectivity index (χ0n) is 19.3. The van der Waals surface area contributed by atoms with Gasteiger partial charge in [0.2, 0.25) is 5.91 Å². The van der Waals surface area contributed by atoms with E-state index in [0.717, 1.165) is 16.3 Å². The number of ketones is 1. The number of thioether (sulfide) groups is 1. The molecule has 1 unspecified atom stereocenters. The Labute approximate surface area is 194 Å². The third kappa shape index (κ3) is 4.68. The van der Waals surface area contributed by atoms with Crippen molar-refractivity contribution in [3.8, 4) is 17.1 Å². The van der Waals surface area contributed by atoms with Crippen molar-refractivity contribution in [2.45, 2.75) is 24.1 Å². The van der Waals surface area contributed by atoms with Crippen molar-refractivity contribution in [3.63, 3.8) is 0 Å². The average molecular weight is 472 g/mol. The molecular weight excluding hydrogens is 446 g/mol. The van der Waals surface area contributed by atoms with Gasteiger partial charge in [-0.25, -0.2) is 14.8 Å². The van der Waals surface area contributed by atoms with Gasteiger partial charge in [0.05, 0.1) is 6.61 Å². The summed E-state index contributed by atoms with van der Waals surface area (Å²) in [6, 6.07) is 7.03. The van der Waals surface area contributed by atoms with Gasteiger partial charge < -0.3 is 9.64 Å². The lowest BCUT2D eigenvalue weighted by Crippen LogP contribution is -2.38. The number of fused-ring (bicyclic) bond motifs is 1. The molecule has 0 radical (unpaired) electrons. The monoisotopic (exact) mass is 471 g/mol. The third-order valence-electron chi connectivity index (χ3n) is 4.95.